The number of amides is 3. The Balaban J connectivity index is 1.94. The van der Waals surface area contributed by atoms with Crippen LogP contribution in [0.1, 0.15) is 37.0 Å². The third-order valence-electron chi connectivity index (χ3n) is 5.39. The number of carbonyl (C=O) groups excluding carboxylic acids is 3. The van der Waals surface area contributed by atoms with E-state index in [-0.39, 0.29) is 23.7 Å². The fraction of sp³-hybridized carbons (Fsp3) is 0.318. The molecule has 2 aromatic rings. The molecule has 9 nitrogen and oxygen atoms in total. The smallest absolute Gasteiger partial charge is 0.270 e. The summed E-state index contributed by atoms with van der Waals surface area (Å²) in [6.07, 6.45) is 0.386. The fourth-order valence-corrected chi connectivity index (χ4v) is 3.58. The summed E-state index contributed by atoms with van der Waals surface area (Å²) in [5.74, 6) is -0.864. The lowest BCUT2D eigenvalue weighted by molar-refractivity contribution is -0.384. The van der Waals surface area contributed by atoms with Gasteiger partial charge in [-0.15, -0.1) is 0 Å². The zero-order valence-corrected chi connectivity index (χ0v) is 17.5. The van der Waals surface area contributed by atoms with Gasteiger partial charge in [0.2, 0.25) is 5.91 Å². The van der Waals surface area contributed by atoms with Crippen molar-refractivity contribution < 1.29 is 24.0 Å². The van der Waals surface area contributed by atoms with Crippen molar-refractivity contribution >= 4 is 29.1 Å². The number of imide groups is 1. The second-order valence-corrected chi connectivity index (χ2v) is 7.26. The summed E-state index contributed by atoms with van der Waals surface area (Å²) in [5.41, 5.74) is 0.270. The first-order valence-electron chi connectivity index (χ1n) is 9.86. The summed E-state index contributed by atoms with van der Waals surface area (Å²) in [7, 11) is 1.51. The minimum Gasteiger partial charge on any atom is -0.497 e. The molecule has 0 spiro atoms. The summed E-state index contributed by atoms with van der Waals surface area (Å²) in [6, 6.07) is 10.5. The van der Waals surface area contributed by atoms with Crippen LogP contribution in [0.4, 0.5) is 11.4 Å². The van der Waals surface area contributed by atoms with Crippen LogP contribution in [-0.2, 0) is 9.59 Å². The van der Waals surface area contributed by atoms with Crippen LogP contribution in [0.15, 0.2) is 48.5 Å². The molecule has 0 aromatic heterocycles. The SMILES string of the molecule is CCC(C)N(C(=O)c1cccc([N+](=O)[O-])c1)C1CC(=O)N(c2ccc(OC)cc2)C1=O. The molecule has 0 saturated carbocycles. The number of nitro groups is 1. The van der Waals surface area contributed by atoms with Crippen molar-refractivity contribution in [1.82, 2.24) is 4.90 Å². The molecular formula is C22H23N3O6. The van der Waals surface area contributed by atoms with Gasteiger partial charge in [0.25, 0.3) is 17.5 Å². The summed E-state index contributed by atoms with van der Waals surface area (Å²) in [6.45, 7) is 3.64. The van der Waals surface area contributed by atoms with Gasteiger partial charge in [-0.25, -0.2) is 4.90 Å². The Morgan fingerprint density at radius 2 is 1.94 bits per heavy atom. The van der Waals surface area contributed by atoms with E-state index in [1.165, 1.54) is 36.3 Å². The summed E-state index contributed by atoms with van der Waals surface area (Å²) >= 11 is 0. The number of non-ortho nitro benzene ring substituents is 1. The van der Waals surface area contributed by atoms with Crippen molar-refractivity contribution in [3.63, 3.8) is 0 Å². The van der Waals surface area contributed by atoms with Gasteiger partial charge in [0.1, 0.15) is 11.8 Å². The minimum atomic E-state index is -0.990. The maximum Gasteiger partial charge on any atom is 0.270 e. The van der Waals surface area contributed by atoms with Crippen molar-refractivity contribution in [3.8, 4) is 5.75 Å². The summed E-state index contributed by atoms with van der Waals surface area (Å²) in [4.78, 5) is 52.2. The zero-order valence-electron chi connectivity index (χ0n) is 17.5. The van der Waals surface area contributed by atoms with E-state index in [0.29, 0.717) is 17.9 Å². The van der Waals surface area contributed by atoms with E-state index in [0.717, 1.165) is 4.90 Å². The van der Waals surface area contributed by atoms with Gasteiger partial charge in [0, 0.05) is 23.7 Å². The standard InChI is InChI=1S/C22H23N3O6/c1-4-14(2)23(21(27)15-6-5-7-17(12-15)25(29)30)19-13-20(26)24(22(19)28)16-8-10-18(31-3)11-9-16/h5-12,14,19H,4,13H2,1-3H3. The molecule has 31 heavy (non-hydrogen) atoms. The number of nitro benzene ring substituents is 1. The van der Waals surface area contributed by atoms with Crippen LogP contribution in [0.2, 0.25) is 0 Å². The first-order valence-corrected chi connectivity index (χ1v) is 9.86. The largest absolute Gasteiger partial charge is 0.497 e. The zero-order chi connectivity index (χ0) is 22.7. The van der Waals surface area contributed by atoms with E-state index < -0.39 is 28.7 Å². The second kappa shape index (κ2) is 8.95. The van der Waals surface area contributed by atoms with Crippen LogP contribution in [0.3, 0.4) is 0 Å². The van der Waals surface area contributed by atoms with Crippen molar-refractivity contribution in [2.75, 3.05) is 12.0 Å². The third kappa shape index (κ3) is 4.25. The molecule has 1 saturated heterocycles. The van der Waals surface area contributed by atoms with Gasteiger partial charge in [0.15, 0.2) is 0 Å². The Morgan fingerprint density at radius 3 is 2.52 bits per heavy atom. The van der Waals surface area contributed by atoms with Crippen LogP contribution >= 0.6 is 0 Å². The van der Waals surface area contributed by atoms with Gasteiger partial charge >= 0.3 is 0 Å². The minimum absolute atomic E-state index is 0.0950. The molecule has 9 heteroatoms. The number of methoxy groups -OCH3 is 1. The van der Waals surface area contributed by atoms with Gasteiger partial charge in [0.05, 0.1) is 24.1 Å². The Hall–Kier alpha value is -3.75. The number of anilines is 1. The van der Waals surface area contributed by atoms with E-state index in [1.807, 2.05) is 6.92 Å². The number of hydrogen-bond acceptors (Lipinski definition) is 6. The molecule has 3 amide bonds. The Labute approximate surface area is 179 Å². The van der Waals surface area contributed by atoms with E-state index >= 15 is 0 Å². The summed E-state index contributed by atoms with van der Waals surface area (Å²) in [5, 5.41) is 11.1. The van der Waals surface area contributed by atoms with Crippen molar-refractivity contribution in [2.45, 2.75) is 38.8 Å². The molecule has 1 aliphatic heterocycles. The predicted octanol–water partition coefficient (Wildman–Crippen LogP) is 3.18. The highest BCUT2D eigenvalue weighted by Gasteiger charge is 2.45. The van der Waals surface area contributed by atoms with Crippen LogP contribution in [-0.4, -0.2) is 46.7 Å². The lowest BCUT2D eigenvalue weighted by atomic mass is 10.1. The highest BCUT2D eigenvalue weighted by Crippen LogP contribution is 2.30. The average molecular weight is 425 g/mol. The molecule has 0 bridgehead atoms. The maximum atomic E-state index is 13.3. The second-order valence-electron chi connectivity index (χ2n) is 7.26. The van der Waals surface area contributed by atoms with E-state index in [2.05, 4.69) is 0 Å². The Morgan fingerprint density at radius 1 is 1.26 bits per heavy atom. The molecule has 2 unspecified atom stereocenters. The van der Waals surface area contributed by atoms with Gasteiger partial charge in [-0.2, -0.15) is 0 Å². The number of benzene rings is 2. The molecule has 1 heterocycles. The van der Waals surface area contributed by atoms with Crippen LogP contribution in [0.25, 0.3) is 0 Å². The third-order valence-corrected chi connectivity index (χ3v) is 5.39. The molecule has 2 aromatic carbocycles. The van der Waals surface area contributed by atoms with Gasteiger partial charge in [-0.1, -0.05) is 13.0 Å². The first kappa shape index (κ1) is 21.9. The van der Waals surface area contributed by atoms with E-state index in [1.54, 1.807) is 31.2 Å². The first-order chi connectivity index (χ1) is 14.8. The molecule has 162 valence electrons. The quantitative estimate of drug-likeness (QED) is 0.383. The fourth-order valence-electron chi connectivity index (χ4n) is 3.58. The molecular weight excluding hydrogens is 402 g/mol. The highest BCUT2D eigenvalue weighted by molar-refractivity contribution is 6.23. The molecule has 0 radical (unpaired) electrons. The number of ether oxygens (including phenoxy) is 1. The van der Waals surface area contributed by atoms with Crippen molar-refractivity contribution in [1.29, 1.82) is 0 Å². The lowest BCUT2D eigenvalue weighted by Crippen LogP contribution is -2.49. The van der Waals surface area contributed by atoms with Crippen molar-refractivity contribution in [2.24, 2.45) is 0 Å². The monoisotopic (exact) mass is 425 g/mol. The molecule has 0 aliphatic carbocycles. The Kier molecular flexibility index (Phi) is 6.33. The van der Waals surface area contributed by atoms with Crippen LogP contribution in [0.5, 0.6) is 5.75 Å². The van der Waals surface area contributed by atoms with Gasteiger partial charge < -0.3 is 9.64 Å². The maximum absolute atomic E-state index is 13.3. The number of rotatable bonds is 7. The summed E-state index contributed by atoms with van der Waals surface area (Å²) < 4.78 is 5.11. The normalized spacial score (nSPS) is 16.9. The molecule has 0 N–H and O–H groups in total. The molecule has 3 rings (SSSR count). The van der Waals surface area contributed by atoms with Gasteiger partial charge in [-0.05, 0) is 43.7 Å². The van der Waals surface area contributed by atoms with E-state index in [4.69, 9.17) is 4.74 Å². The molecule has 1 aliphatic rings. The van der Waals surface area contributed by atoms with Gasteiger partial charge in [-0.3, -0.25) is 24.5 Å². The van der Waals surface area contributed by atoms with E-state index in [9.17, 15) is 24.5 Å². The highest BCUT2D eigenvalue weighted by atomic mass is 16.6. The number of carbonyl (C=O) groups is 3. The van der Waals surface area contributed by atoms with Crippen LogP contribution in [0, 0.1) is 10.1 Å². The average Bonchev–Trinajstić information content (AvgIpc) is 3.07. The topological polar surface area (TPSA) is 110 Å². The Bertz CT molecular complexity index is 1020. The molecule has 2 atom stereocenters. The number of nitrogens with zero attached hydrogens (tertiary/aromatic N) is 3. The number of hydrogen-bond donors (Lipinski definition) is 0. The van der Waals surface area contributed by atoms with Crippen LogP contribution < -0.4 is 9.64 Å². The predicted molar refractivity (Wildman–Crippen MR) is 113 cm³/mol. The lowest BCUT2D eigenvalue weighted by Gasteiger charge is -2.33. The molecule has 1 fully saturated rings. The van der Waals surface area contributed by atoms with Crippen molar-refractivity contribution in [3.05, 3.63) is 64.2 Å².